The number of aryl methyl sites for hydroxylation is 3. The predicted molar refractivity (Wildman–Crippen MR) is 104 cm³/mol. The SMILES string of the molecule is Cc1ccc(Cc2cc(C)cc(Cc3ccc(C)cc3)c2C)cc1. The Labute approximate surface area is 146 Å². The van der Waals surface area contributed by atoms with Gasteiger partial charge in [0, 0.05) is 0 Å². The van der Waals surface area contributed by atoms with Crippen molar-refractivity contribution in [2.45, 2.75) is 40.5 Å². The van der Waals surface area contributed by atoms with Crippen LogP contribution >= 0.6 is 0 Å². The predicted octanol–water partition coefficient (Wildman–Crippen LogP) is 6.10. The van der Waals surface area contributed by atoms with Crippen molar-refractivity contribution in [2.24, 2.45) is 0 Å². The van der Waals surface area contributed by atoms with Gasteiger partial charge in [-0.15, -0.1) is 0 Å². The Balaban J connectivity index is 1.89. The fourth-order valence-corrected chi connectivity index (χ4v) is 3.23. The Morgan fingerprint density at radius 1 is 0.500 bits per heavy atom. The summed E-state index contributed by atoms with van der Waals surface area (Å²) < 4.78 is 0. The zero-order valence-electron chi connectivity index (χ0n) is 15.2. The van der Waals surface area contributed by atoms with Gasteiger partial charge in [0.05, 0.1) is 0 Å². The molecular weight excluding hydrogens is 288 g/mol. The second-order valence-electron chi connectivity index (χ2n) is 7.03. The molecule has 0 fully saturated rings. The van der Waals surface area contributed by atoms with Gasteiger partial charge in [-0.2, -0.15) is 0 Å². The minimum Gasteiger partial charge on any atom is -0.0590 e. The highest BCUT2D eigenvalue weighted by molar-refractivity contribution is 5.43. The minimum absolute atomic E-state index is 1.01. The Bertz CT molecular complexity index is 752. The topological polar surface area (TPSA) is 0 Å². The molecule has 0 atom stereocenters. The summed E-state index contributed by atoms with van der Waals surface area (Å²) >= 11 is 0. The smallest absolute Gasteiger partial charge is 0.00229 e. The molecule has 0 unspecified atom stereocenters. The van der Waals surface area contributed by atoms with E-state index < -0.39 is 0 Å². The van der Waals surface area contributed by atoms with E-state index in [0.29, 0.717) is 0 Å². The summed E-state index contributed by atoms with van der Waals surface area (Å²) in [4.78, 5) is 0. The van der Waals surface area contributed by atoms with Crippen molar-refractivity contribution in [3.8, 4) is 0 Å². The van der Waals surface area contributed by atoms with Gasteiger partial charge in [0.15, 0.2) is 0 Å². The second kappa shape index (κ2) is 7.05. The van der Waals surface area contributed by atoms with Crippen LogP contribution in [0.3, 0.4) is 0 Å². The van der Waals surface area contributed by atoms with Gasteiger partial charge < -0.3 is 0 Å². The highest BCUT2D eigenvalue weighted by Crippen LogP contribution is 2.23. The Morgan fingerprint density at radius 2 is 0.875 bits per heavy atom. The van der Waals surface area contributed by atoms with E-state index in [1.165, 1.54) is 44.5 Å². The molecule has 0 radical (unpaired) electrons. The molecule has 3 rings (SSSR count). The molecule has 0 aliphatic heterocycles. The van der Waals surface area contributed by atoms with E-state index >= 15 is 0 Å². The van der Waals surface area contributed by atoms with E-state index in [0.717, 1.165) is 12.8 Å². The van der Waals surface area contributed by atoms with E-state index in [-0.39, 0.29) is 0 Å². The zero-order valence-corrected chi connectivity index (χ0v) is 15.2. The average molecular weight is 314 g/mol. The average Bonchev–Trinajstić information content (AvgIpc) is 2.56. The van der Waals surface area contributed by atoms with Gasteiger partial charge in [-0.1, -0.05) is 77.4 Å². The van der Waals surface area contributed by atoms with E-state index in [1.54, 1.807) is 0 Å². The summed E-state index contributed by atoms with van der Waals surface area (Å²) in [5.41, 5.74) is 11.1. The third-order valence-corrected chi connectivity index (χ3v) is 4.80. The van der Waals surface area contributed by atoms with Crippen LogP contribution in [0.4, 0.5) is 0 Å². The van der Waals surface area contributed by atoms with E-state index in [2.05, 4.69) is 88.4 Å². The summed E-state index contributed by atoms with van der Waals surface area (Å²) in [6.45, 7) is 8.76. The van der Waals surface area contributed by atoms with Crippen molar-refractivity contribution in [3.63, 3.8) is 0 Å². The molecule has 0 N–H and O–H groups in total. The lowest BCUT2D eigenvalue weighted by atomic mass is 9.91. The van der Waals surface area contributed by atoms with Crippen molar-refractivity contribution in [3.05, 3.63) is 105 Å². The minimum atomic E-state index is 1.01. The van der Waals surface area contributed by atoms with Crippen LogP contribution in [0.15, 0.2) is 60.7 Å². The highest BCUT2D eigenvalue weighted by Gasteiger charge is 2.08. The molecule has 0 aliphatic carbocycles. The van der Waals surface area contributed by atoms with Crippen molar-refractivity contribution < 1.29 is 0 Å². The van der Waals surface area contributed by atoms with E-state index in [9.17, 15) is 0 Å². The molecule has 0 aromatic heterocycles. The molecule has 0 aliphatic rings. The summed E-state index contributed by atoms with van der Waals surface area (Å²) in [6.07, 6.45) is 2.02. The van der Waals surface area contributed by atoms with Crippen LogP contribution in [0.1, 0.15) is 44.5 Å². The van der Waals surface area contributed by atoms with Crippen molar-refractivity contribution >= 4 is 0 Å². The maximum absolute atomic E-state index is 2.34. The molecule has 0 spiro atoms. The number of hydrogen-bond donors (Lipinski definition) is 0. The molecule has 0 saturated heterocycles. The fourth-order valence-electron chi connectivity index (χ4n) is 3.23. The van der Waals surface area contributed by atoms with Crippen LogP contribution in [-0.4, -0.2) is 0 Å². The molecule has 0 saturated carbocycles. The van der Waals surface area contributed by atoms with Gasteiger partial charge in [0.25, 0.3) is 0 Å². The molecule has 3 aromatic carbocycles. The molecule has 24 heavy (non-hydrogen) atoms. The van der Waals surface area contributed by atoms with Gasteiger partial charge >= 0.3 is 0 Å². The molecule has 0 heterocycles. The normalized spacial score (nSPS) is 10.8. The van der Waals surface area contributed by atoms with Crippen LogP contribution in [-0.2, 0) is 12.8 Å². The van der Waals surface area contributed by atoms with Gasteiger partial charge in [-0.25, -0.2) is 0 Å². The molecule has 0 nitrogen and oxygen atoms in total. The fraction of sp³-hybridized carbons (Fsp3) is 0.250. The molecule has 0 amide bonds. The number of hydrogen-bond acceptors (Lipinski definition) is 0. The van der Waals surface area contributed by atoms with Crippen LogP contribution in [0.2, 0.25) is 0 Å². The maximum atomic E-state index is 2.34. The Morgan fingerprint density at radius 3 is 1.25 bits per heavy atom. The summed E-state index contributed by atoms with van der Waals surface area (Å²) in [6, 6.07) is 22.5. The third kappa shape index (κ3) is 3.94. The lowest BCUT2D eigenvalue weighted by Crippen LogP contribution is -2.00. The van der Waals surface area contributed by atoms with Gasteiger partial charge in [-0.05, 0) is 68.4 Å². The largest absolute Gasteiger partial charge is 0.0590 e. The van der Waals surface area contributed by atoms with Crippen LogP contribution in [0.25, 0.3) is 0 Å². The lowest BCUT2D eigenvalue weighted by Gasteiger charge is -2.14. The maximum Gasteiger partial charge on any atom is -0.00229 e. The summed E-state index contributed by atoms with van der Waals surface area (Å²) in [7, 11) is 0. The molecule has 0 bridgehead atoms. The summed E-state index contributed by atoms with van der Waals surface area (Å²) in [5.74, 6) is 0. The highest BCUT2D eigenvalue weighted by atomic mass is 14.1. The Kier molecular flexibility index (Phi) is 4.85. The quantitative estimate of drug-likeness (QED) is 0.545. The third-order valence-electron chi connectivity index (χ3n) is 4.80. The standard InChI is InChI=1S/C24H26/c1-17-5-9-21(10-6-17)15-23-13-19(3)14-24(20(23)4)16-22-11-7-18(2)8-12-22/h5-14H,15-16H2,1-4H3. The molecular formula is C24H26. The first-order valence-electron chi connectivity index (χ1n) is 8.71. The lowest BCUT2D eigenvalue weighted by molar-refractivity contribution is 1.08. The van der Waals surface area contributed by atoms with E-state index in [4.69, 9.17) is 0 Å². The van der Waals surface area contributed by atoms with Gasteiger partial charge in [-0.3, -0.25) is 0 Å². The Hall–Kier alpha value is -2.34. The van der Waals surface area contributed by atoms with Gasteiger partial charge in [0.2, 0.25) is 0 Å². The van der Waals surface area contributed by atoms with Crippen LogP contribution in [0.5, 0.6) is 0 Å². The first-order valence-corrected chi connectivity index (χ1v) is 8.71. The van der Waals surface area contributed by atoms with Crippen molar-refractivity contribution in [2.75, 3.05) is 0 Å². The molecule has 3 aromatic rings. The monoisotopic (exact) mass is 314 g/mol. The van der Waals surface area contributed by atoms with Crippen LogP contribution in [0, 0.1) is 27.7 Å². The first kappa shape index (κ1) is 16.5. The zero-order chi connectivity index (χ0) is 17.1. The second-order valence-corrected chi connectivity index (χ2v) is 7.03. The van der Waals surface area contributed by atoms with Gasteiger partial charge in [0.1, 0.15) is 0 Å². The van der Waals surface area contributed by atoms with Crippen molar-refractivity contribution in [1.82, 2.24) is 0 Å². The summed E-state index contributed by atoms with van der Waals surface area (Å²) in [5, 5.41) is 0. The molecule has 122 valence electrons. The van der Waals surface area contributed by atoms with Crippen molar-refractivity contribution in [1.29, 1.82) is 0 Å². The van der Waals surface area contributed by atoms with Crippen LogP contribution < -0.4 is 0 Å². The van der Waals surface area contributed by atoms with E-state index in [1.807, 2.05) is 0 Å². The first-order chi connectivity index (χ1) is 11.5. The number of benzene rings is 3. The number of rotatable bonds is 4. The molecule has 0 heteroatoms.